The van der Waals surface area contributed by atoms with Crippen LogP contribution in [0.2, 0.25) is 0 Å². The molecule has 0 heterocycles. The first kappa shape index (κ1) is 15.8. The number of amides is 3. The Labute approximate surface area is 119 Å². The third-order valence-corrected chi connectivity index (χ3v) is 3.01. The molecule has 1 aromatic rings. The number of para-hydroxylation sites is 2. The average Bonchev–Trinajstić information content (AvgIpc) is 2.41. The van der Waals surface area contributed by atoms with E-state index in [1.165, 1.54) is 0 Å². The van der Waals surface area contributed by atoms with Crippen molar-refractivity contribution in [3.63, 3.8) is 0 Å². The third-order valence-electron chi connectivity index (χ3n) is 3.01. The Morgan fingerprint density at radius 3 is 2.50 bits per heavy atom. The Balaban J connectivity index is 2.82. The fourth-order valence-electron chi connectivity index (χ4n) is 1.96. The van der Waals surface area contributed by atoms with Crippen LogP contribution in [0.3, 0.4) is 0 Å². The van der Waals surface area contributed by atoms with E-state index in [9.17, 15) is 9.59 Å². The second kappa shape index (κ2) is 7.37. The van der Waals surface area contributed by atoms with Crippen LogP contribution in [0.4, 0.5) is 16.2 Å². The normalized spacial score (nSPS) is 11.6. The zero-order valence-electron chi connectivity index (χ0n) is 12.1. The van der Waals surface area contributed by atoms with Crippen molar-refractivity contribution >= 4 is 23.3 Å². The maximum atomic E-state index is 12.1. The number of hydrogen-bond acceptors (Lipinski definition) is 4. The van der Waals surface area contributed by atoms with Crippen molar-refractivity contribution in [1.82, 2.24) is 10.6 Å². The van der Waals surface area contributed by atoms with Gasteiger partial charge < -0.3 is 16.0 Å². The second-order valence-corrected chi connectivity index (χ2v) is 4.37. The molecule has 1 aromatic carbocycles. The predicted octanol–water partition coefficient (Wildman–Crippen LogP) is 1.33. The number of anilines is 2. The van der Waals surface area contributed by atoms with Gasteiger partial charge in [-0.3, -0.25) is 10.1 Å². The largest absolute Gasteiger partial charge is 0.397 e. The number of carbonyl (C=O) groups excluding carboxylic acids is 2. The highest BCUT2D eigenvalue weighted by Crippen LogP contribution is 2.24. The van der Waals surface area contributed by atoms with E-state index in [1.54, 1.807) is 19.9 Å². The molecule has 4 N–H and O–H groups in total. The first-order valence-corrected chi connectivity index (χ1v) is 6.71. The van der Waals surface area contributed by atoms with E-state index in [-0.39, 0.29) is 5.91 Å². The monoisotopic (exact) mass is 278 g/mol. The molecular formula is C14H22N4O2. The number of benzene rings is 1. The van der Waals surface area contributed by atoms with Crippen LogP contribution in [0.1, 0.15) is 20.8 Å². The summed E-state index contributed by atoms with van der Waals surface area (Å²) >= 11 is 0. The fourth-order valence-corrected chi connectivity index (χ4v) is 1.96. The van der Waals surface area contributed by atoms with Crippen LogP contribution in [-0.2, 0) is 4.79 Å². The molecule has 0 fully saturated rings. The SMILES string of the molecule is CCNC(=O)NC(=O)C(C)N(CC)c1ccccc1N. The Hall–Kier alpha value is -2.24. The Bertz CT molecular complexity index is 476. The minimum absolute atomic E-state index is 0.360. The van der Waals surface area contributed by atoms with Crippen LogP contribution in [-0.4, -0.2) is 31.1 Å². The number of urea groups is 1. The van der Waals surface area contributed by atoms with Crippen molar-refractivity contribution < 1.29 is 9.59 Å². The van der Waals surface area contributed by atoms with Gasteiger partial charge in [-0.1, -0.05) is 12.1 Å². The number of imide groups is 1. The smallest absolute Gasteiger partial charge is 0.321 e. The van der Waals surface area contributed by atoms with Gasteiger partial charge in [0.15, 0.2) is 0 Å². The molecule has 6 heteroatoms. The van der Waals surface area contributed by atoms with Gasteiger partial charge in [-0.15, -0.1) is 0 Å². The molecule has 0 aliphatic rings. The van der Waals surface area contributed by atoms with Gasteiger partial charge in [-0.2, -0.15) is 0 Å². The van der Waals surface area contributed by atoms with E-state index < -0.39 is 12.1 Å². The molecule has 1 rings (SSSR count). The van der Waals surface area contributed by atoms with Crippen LogP contribution in [0, 0.1) is 0 Å². The van der Waals surface area contributed by atoms with Crippen LogP contribution < -0.4 is 21.3 Å². The van der Waals surface area contributed by atoms with E-state index in [1.807, 2.05) is 30.0 Å². The summed E-state index contributed by atoms with van der Waals surface area (Å²) in [5.74, 6) is -0.360. The Morgan fingerprint density at radius 2 is 1.95 bits per heavy atom. The number of carbonyl (C=O) groups is 2. The van der Waals surface area contributed by atoms with Crippen molar-refractivity contribution in [2.75, 3.05) is 23.7 Å². The van der Waals surface area contributed by atoms with Crippen molar-refractivity contribution in [2.45, 2.75) is 26.8 Å². The van der Waals surface area contributed by atoms with Crippen LogP contribution in [0.5, 0.6) is 0 Å². The number of nitrogens with zero attached hydrogens (tertiary/aromatic N) is 1. The second-order valence-electron chi connectivity index (χ2n) is 4.37. The van der Waals surface area contributed by atoms with Crippen LogP contribution in [0.15, 0.2) is 24.3 Å². The van der Waals surface area contributed by atoms with Crippen molar-refractivity contribution in [3.05, 3.63) is 24.3 Å². The van der Waals surface area contributed by atoms with Crippen LogP contribution >= 0.6 is 0 Å². The number of nitrogens with two attached hydrogens (primary N) is 1. The first-order valence-electron chi connectivity index (χ1n) is 6.71. The molecule has 0 aliphatic carbocycles. The molecule has 1 atom stereocenters. The van der Waals surface area contributed by atoms with Gasteiger partial charge in [-0.25, -0.2) is 4.79 Å². The molecule has 0 aromatic heterocycles. The molecule has 20 heavy (non-hydrogen) atoms. The molecule has 0 saturated carbocycles. The third kappa shape index (κ3) is 3.88. The van der Waals surface area contributed by atoms with E-state index in [0.29, 0.717) is 18.8 Å². The van der Waals surface area contributed by atoms with Gasteiger partial charge in [0.2, 0.25) is 5.91 Å². The van der Waals surface area contributed by atoms with E-state index in [0.717, 1.165) is 5.69 Å². The highest BCUT2D eigenvalue weighted by Gasteiger charge is 2.23. The van der Waals surface area contributed by atoms with Crippen LogP contribution in [0.25, 0.3) is 0 Å². The van der Waals surface area contributed by atoms with Gasteiger partial charge in [-0.05, 0) is 32.9 Å². The maximum absolute atomic E-state index is 12.1. The van der Waals surface area contributed by atoms with Crippen molar-refractivity contribution in [1.29, 1.82) is 0 Å². The molecule has 6 nitrogen and oxygen atoms in total. The van der Waals surface area contributed by atoms with Gasteiger partial charge in [0, 0.05) is 13.1 Å². The Morgan fingerprint density at radius 1 is 1.30 bits per heavy atom. The predicted molar refractivity (Wildman–Crippen MR) is 80.6 cm³/mol. The summed E-state index contributed by atoms with van der Waals surface area (Å²) in [6, 6.07) is 6.37. The van der Waals surface area contributed by atoms with Gasteiger partial charge >= 0.3 is 6.03 Å². The zero-order chi connectivity index (χ0) is 15.1. The van der Waals surface area contributed by atoms with Gasteiger partial charge in [0.05, 0.1) is 11.4 Å². The summed E-state index contributed by atoms with van der Waals surface area (Å²) in [6.45, 7) is 6.54. The summed E-state index contributed by atoms with van der Waals surface area (Å²) < 4.78 is 0. The number of likely N-dealkylation sites (N-methyl/N-ethyl adjacent to an activating group) is 1. The fraction of sp³-hybridized carbons (Fsp3) is 0.429. The molecule has 0 bridgehead atoms. The van der Waals surface area contributed by atoms with Crippen molar-refractivity contribution in [2.24, 2.45) is 0 Å². The zero-order valence-corrected chi connectivity index (χ0v) is 12.1. The standard InChI is InChI=1S/C14H22N4O2/c1-4-16-14(20)17-13(19)10(3)18(5-2)12-9-7-6-8-11(12)15/h6-10H,4-5,15H2,1-3H3,(H2,16,17,19,20). The molecule has 0 radical (unpaired) electrons. The topological polar surface area (TPSA) is 87.5 Å². The highest BCUT2D eigenvalue weighted by atomic mass is 16.2. The minimum atomic E-state index is -0.493. The molecule has 3 amide bonds. The summed E-state index contributed by atoms with van der Waals surface area (Å²) in [5.41, 5.74) is 7.32. The lowest BCUT2D eigenvalue weighted by Gasteiger charge is -2.30. The average molecular weight is 278 g/mol. The number of hydrogen-bond donors (Lipinski definition) is 3. The molecule has 110 valence electrons. The van der Waals surface area contributed by atoms with E-state index in [4.69, 9.17) is 5.73 Å². The summed E-state index contributed by atoms with van der Waals surface area (Å²) in [4.78, 5) is 25.3. The lowest BCUT2D eigenvalue weighted by molar-refractivity contribution is -0.121. The first-order chi connectivity index (χ1) is 9.51. The van der Waals surface area contributed by atoms with Crippen molar-refractivity contribution in [3.8, 4) is 0 Å². The highest BCUT2D eigenvalue weighted by molar-refractivity contribution is 5.98. The van der Waals surface area contributed by atoms with Gasteiger partial charge in [0.1, 0.15) is 6.04 Å². The number of rotatable bonds is 5. The molecule has 0 spiro atoms. The van der Waals surface area contributed by atoms with E-state index in [2.05, 4.69) is 10.6 Å². The van der Waals surface area contributed by atoms with Gasteiger partial charge in [0.25, 0.3) is 0 Å². The quantitative estimate of drug-likeness (QED) is 0.709. The summed E-state index contributed by atoms with van der Waals surface area (Å²) in [5, 5.41) is 4.84. The lowest BCUT2D eigenvalue weighted by Crippen LogP contribution is -2.50. The molecule has 0 aliphatic heterocycles. The summed E-state index contributed by atoms with van der Waals surface area (Å²) in [7, 11) is 0. The molecule has 0 saturated heterocycles. The molecule has 1 unspecified atom stereocenters. The molecular weight excluding hydrogens is 256 g/mol. The number of nitrogens with one attached hydrogen (secondary N) is 2. The summed E-state index contributed by atoms with van der Waals surface area (Å²) in [6.07, 6.45) is 0. The lowest BCUT2D eigenvalue weighted by atomic mass is 10.2. The minimum Gasteiger partial charge on any atom is -0.397 e. The Kier molecular flexibility index (Phi) is 5.83. The van der Waals surface area contributed by atoms with E-state index >= 15 is 0 Å². The number of nitrogen functional groups attached to an aromatic ring is 1. The maximum Gasteiger partial charge on any atom is 0.321 e.